The van der Waals surface area contributed by atoms with Gasteiger partial charge in [-0.1, -0.05) is 19.6 Å². The third-order valence-corrected chi connectivity index (χ3v) is 6.20. The fourth-order valence-corrected chi connectivity index (χ4v) is 4.36. The quantitative estimate of drug-likeness (QED) is 0.466. The number of piperazine rings is 1. The van der Waals surface area contributed by atoms with Crippen molar-refractivity contribution in [2.75, 3.05) is 39.8 Å². The van der Waals surface area contributed by atoms with Crippen molar-refractivity contribution in [1.29, 1.82) is 0 Å². The van der Waals surface area contributed by atoms with Crippen LogP contribution >= 0.6 is 0 Å². The third kappa shape index (κ3) is 4.85. The summed E-state index contributed by atoms with van der Waals surface area (Å²) in [7, 11) is 1.42. The van der Waals surface area contributed by atoms with Crippen LogP contribution in [0.15, 0.2) is 42.9 Å². The Bertz CT molecular complexity index is 1250. The fourth-order valence-electron chi connectivity index (χ4n) is 4.36. The van der Waals surface area contributed by atoms with Crippen molar-refractivity contribution in [2.24, 2.45) is 5.73 Å². The van der Waals surface area contributed by atoms with Gasteiger partial charge in [-0.05, 0) is 25.6 Å². The summed E-state index contributed by atoms with van der Waals surface area (Å²) in [6, 6.07) is 1.81. The second-order valence-electron chi connectivity index (χ2n) is 8.34. The van der Waals surface area contributed by atoms with Crippen LogP contribution in [0.3, 0.4) is 0 Å². The summed E-state index contributed by atoms with van der Waals surface area (Å²) in [5.41, 5.74) is 8.55. The highest BCUT2D eigenvalue weighted by molar-refractivity contribution is 5.83. The molecule has 3 aromatic rings. The Morgan fingerprint density at radius 2 is 2.00 bits per heavy atom. The Kier molecular flexibility index (Phi) is 7.32. The fraction of sp³-hybridized carbons (Fsp3) is 0.360. The molecule has 4 rings (SSSR count). The van der Waals surface area contributed by atoms with Gasteiger partial charge in [0.15, 0.2) is 17.4 Å². The zero-order valence-corrected chi connectivity index (χ0v) is 20.1. The molecule has 1 fully saturated rings. The lowest BCUT2D eigenvalue weighted by Gasteiger charge is -2.38. The van der Waals surface area contributed by atoms with E-state index in [0.717, 1.165) is 44.5 Å². The molecule has 1 saturated heterocycles. The Morgan fingerprint density at radius 1 is 1.26 bits per heavy atom. The molecule has 0 saturated carbocycles. The summed E-state index contributed by atoms with van der Waals surface area (Å²) in [5.74, 6) is -1.59. The molecule has 3 heterocycles. The summed E-state index contributed by atoms with van der Waals surface area (Å²) in [6.45, 7) is 12.1. The third-order valence-electron chi connectivity index (χ3n) is 6.20. The van der Waals surface area contributed by atoms with E-state index in [-0.39, 0.29) is 28.3 Å². The molecule has 3 N–H and O–H groups in total. The number of aromatic nitrogens is 3. The second kappa shape index (κ2) is 10.4. The van der Waals surface area contributed by atoms with Crippen LogP contribution in [0, 0.1) is 18.6 Å². The molecule has 35 heavy (non-hydrogen) atoms. The van der Waals surface area contributed by atoms with E-state index in [1.165, 1.54) is 19.5 Å². The average molecular weight is 485 g/mol. The van der Waals surface area contributed by atoms with Gasteiger partial charge < -0.3 is 30.0 Å². The van der Waals surface area contributed by atoms with Crippen molar-refractivity contribution in [3.8, 4) is 17.4 Å². The van der Waals surface area contributed by atoms with E-state index in [1.807, 2.05) is 6.08 Å². The zero-order chi connectivity index (χ0) is 25.1. The number of benzene rings is 1. The molecule has 1 unspecified atom stereocenters. The molecule has 0 bridgehead atoms. The van der Waals surface area contributed by atoms with E-state index in [4.69, 9.17) is 15.2 Å². The summed E-state index contributed by atoms with van der Waals surface area (Å²) in [4.78, 5) is 15.8. The smallest absolute Gasteiger partial charge is 0.266 e. The molecule has 186 valence electrons. The van der Waals surface area contributed by atoms with E-state index in [0.29, 0.717) is 11.4 Å². The summed E-state index contributed by atoms with van der Waals surface area (Å²) < 4.78 is 41.0. The number of ether oxygens (including phenoxy) is 2. The van der Waals surface area contributed by atoms with Gasteiger partial charge in [-0.2, -0.15) is 4.98 Å². The van der Waals surface area contributed by atoms with Gasteiger partial charge in [-0.3, -0.25) is 0 Å². The summed E-state index contributed by atoms with van der Waals surface area (Å²) >= 11 is 0. The lowest BCUT2D eigenvalue weighted by atomic mass is 10.1. The van der Waals surface area contributed by atoms with Crippen LogP contribution in [0.2, 0.25) is 0 Å². The number of likely N-dealkylation sites (N-methyl/N-ethyl adjacent to an activating group) is 1. The molecule has 2 aromatic heterocycles. The van der Waals surface area contributed by atoms with Crippen LogP contribution in [-0.2, 0) is 0 Å². The van der Waals surface area contributed by atoms with Gasteiger partial charge in [0.05, 0.1) is 18.7 Å². The number of hydrogen-bond acceptors (Lipinski definition) is 7. The number of hydrogen-bond donors (Lipinski definition) is 2. The molecule has 0 amide bonds. The number of methoxy groups -OCH3 is 1. The largest absolute Gasteiger partial charge is 0.490 e. The lowest BCUT2D eigenvalue weighted by Crippen LogP contribution is -2.47. The first-order valence-electron chi connectivity index (χ1n) is 11.5. The van der Waals surface area contributed by atoms with E-state index < -0.39 is 17.7 Å². The van der Waals surface area contributed by atoms with E-state index in [2.05, 4.69) is 38.3 Å². The van der Waals surface area contributed by atoms with Crippen molar-refractivity contribution < 1.29 is 18.3 Å². The first-order valence-corrected chi connectivity index (χ1v) is 11.5. The lowest BCUT2D eigenvalue weighted by molar-refractivity contribution is 0.159. The molecule has 1 aliphatic rings. The molecule has 0 aliphatic carbocycles. The van der Waals surface area contributed by atoms with Crippen molar-refractivity contribution in [1.82, 2.24) is 24.8 Å². The molecule has 8 nitrogen and oxygen atoms in total. The molecule has 1 aliphatic heterocycles. The van der Waals surface area contributed by atoms with Crippen LogP contribution < -0.4 is 15.2 Å². The number of halogens is 2. The predicted octanol–water partition coefficient (Wildman–Crippen LogP) is 4.05. The number of nitrogens with zero attached hydrogens (tertiary/aromatic N) is 4. The normalized spacial score (nSPS) is 15.9. The highest BCUT2D eigenvalue weighted by Gasteiger charge is 2.28. The van der Waals surface area contributed by atoms with E-state index in [1.54, 1.807) is 13.0 Å². The molecular weight excluding hydrogens is 454 g/mol. The van der Waals surface area contributed by atoms with E-state index >= 15 is 4.39 Å². The molecule has 1 aromatic carbocycles. The predicted molar refractivity (Wildman–Crippen MR) is 131 cm³/mol. The highest BCUT2D eigenvalue weighted by Crippen LogP contribution is 2.38. The molecule has 1 atom stereocenters. The average Bonchev–Trinajstić information content (AvgIpc) is 3.27. The number of allylic oxidation sites excluding steroid dienone is 2. The topological polar surface area (TPSA) is 92.5 Å². The minimum atomic E-state index is -0.710. The second-order valence-corrected chi connectivity index (χ2v) is 8.34. The number of nitrogens with one attached hydrogen (secondary N) is 1. The van der Waals surface area contributed by atoms with Gasteiger partial charge in [-0.25, -0.2) is 13.8 Å². The molecule has 0 spiro atoms. The van der Waals surface area contributed by atoms with Crippen LogP contribution in [0.5, 0.6) is 17.4 Å². The van der Waals surface area contributed by atoms with Gasteiger partial charge in [-0.15, -0.1) is 0 Å². The summed E-state index contributed by atoms with van der Waals surface area (Å²) in [5, 5.41) is 0.0878. The van der Waals surface area contributed by atoms with Gasteiger partial charge in [0.1, 0.15) is 12.0 Å². The number of aryl methyl sites for hydroxylation is 1. The van der Waals surface area contributed by atoms with Crippen molar-refractivity contribution in [3.63, 3.8) is 0 Å². The van der Waals surface area contributed by atoms with Gasteiger partial charge in [0.25, 0.3) is 5.88 Å². The first-order chi connectivity index (χ1) is 16.9. The Morgan fingerprint density at radius 3 is 2.66 bits per heavy atom. The maximum Gasteiger partial charge on any atom is 0.266 e. The van der Waals surface area contributed by atoms with Crippen LogP contribution in [-0.4, -0.2) is 64.6 Å². The SMILES string of the molecule is C=C/C=C(\C(N)c1ncnc(Oc2cc(F)c3[nH]c(C)cc3c2F)c1OC)N1CCN(CC)CC1. The Hall–Kier alpha value is -3.50. The highest BCUT2D eigenvalue weighted by atomic mass is 19.1. The number of H-pyrrole nitrogens is 1. The molecule has 0 radical (unpaired) electrons. The van der Waals surface area contributed by atoms with Crippen LogP contribution in [0.25, 0.3) is 10.9 Å². The van der Waals surface area contributed by atoms with Gasteiger partial charge in [0, 0.05) is 49.0 Å². The van der Waals surface area contributed by atoms with Crippen LogP contribution in [0.1, 0.15) is 24.4 Å². The standard InChI is InChI=1S/C25H30F2N6O2/c1-5-7-18(33-10-8-32(6-2)9-11-33)21(28)23-24(34-4)25(30-14-29-23)35-19-13-17(26)22-16(20(19)27)12-15(3)31-22/h5,7,12-14,21,31H,1,6,8-11,28H2,2-4H3/b18-7+. The Labute approximate surface area is 203 Å². The minimum absolute atomic E-state index is 0.0633. The number of nitrogens with two attached hydrogens (primary N) is 1. The van der Waals surface area contributed by atoms with Crippen LogP contribution in [0.4, 0.5) is 8.78 Å². The molecule has 10 heteroatoms. The number of rotatable bonds is 8. The Balaban J connectivity index is 1.68. The van der Waals surface area contributed by atoms with Gasteiger partial charge in [0.2, 0.25) is 5.75 Å². The van der Waals surface area contributed by atoms with Crippen molar-refractivity contribution in [3.05, 3.63) is 65.9 Å². The molecular formula is C25H30F2N6O2. The maximum atomic E-state index is 15.1. The minimum Gasteiger partial charge on any atom is -0.490 e. The summed E-state index contributed by atoms with van der Waals surface area (Å²) in [6.07, 6.45) is 4.80. The van der Waals surface area contributed by atoms with Gasteiger partial charge >= 0.3 is 0 Å². The van der Waals surface area contributed by atoms with Crippen molar-refractivity contribution >= 4 is 10.9 Å². The number of aromatic amines is 1. The zero-order valence-electron chi connectivity index (χ0n) is 20.1. The number of fused-ring (bicyclic) bond motifs is 1. The maximum absolute atomic E-state index is 15.1. The monoisotopic (exact) mass is 484 g/mol. The van der Waals surface area contributed by atoms with Crippen molar-refractivity contribution in [2.45, 2.75) is 19.9 Å². The first kappa shape index (κ1) is 24.6. The van der Waals surface area contributed by atoms with E-state index in [9.17, 15) is 4.39 Å².